The third kappa shape index (κ3) is 5.32. The Morgan fingerprint density at radius 1 is 1.12 bits per heavy atom. The number of hydrogen-bond acceptors (Lipinski definition) is 3. The van der Waals surface area contributed by atoms with Gasteiger partial charge in [0, 0.05) is 38.6 Å². The van der Waals surface area contributed by atoms with Crippen molar-refractivity contribution >= 4 is 41.4 Å². The highest BCUT2D eigenvalue weighted by Gasteiger charge is 2.21. The molecule has 0 aliphatic carbocycles. The van der Waals surface area contributed by atoms with Crippen molar-refractivity contribution in [1.29, 1.82) is 0 Å². The third-order valence-electron chi connectivity index (χ3n) is 4.21. The summed E-state index contributed by atoms with van der Waals surface area (Å²) in [6, 6.07) is 14.5. The quantitative estimate of drug-likeness (QED) is 0.306. The Morgan fingerprint density at radius 3 is 2.72 bits per heavy atom. The van der Waals surface area contributed by atoms with E-state index in [1.807, 2.05) is 31.4 Å². The molecule has 2 heterocycles. The van der Waals surface area contributed by atoms with E-state index in [2.05, 4.69) is 49.8 Å². The fraction of sp³-hybridized carbons (Fsp3) is 0.368. The molecule has 134 valence electrons. The number of hydrogen-bond donors (Lipinski definition) is 2. The minimum Gasteiger partial charge on any atom is -0.370 e. The monoisotopic (exact) mass is 451 g/mol. The molecule has 2 aromatic rings. The number of halogens is 1. The number of guanidine groups is 1. The molecule has 0 unspecified atom stereocenters. The normalized spacial score (nSPS) is 13.2. The van der Waals surface area contributed by atoms with E-state index in [1.54, 1.807) is 0 Å². The van der Waals surface area contributed by atoms with Crippen molar-refractivity contribution in [3.8, 4) is 0 Å². The van der Waals surface area contributed by atoms with Crippen LogP contribution in [0.4, 0.5) is 11.5 Å². The van der Waals surface area contributed by atoms with E-state index in [0.29, 0.717) is 0 Å². The van der Waals surface area contributed by atoms with Gasteiger partial charge in [-0.1, -0.05) is 24.3 Å². The summed E-state index contributed by atoms with van der Waals surface area (Å²) >= 11 is 0. The summed E-state index contributed by atoms with van der Waals surface area (Å²) in [5, 5.41) is 6.82. The van der Waals surface area contributed by atoms with Crippen molar-refractivity contribution in [2.24, 2.45) is 4.99 Å². The zero-order chi connectivity index (χ0) is 16.6. The fourth-order valence-electron chi connectivity index (χ4n) is 2.99. The molecule has 0 saturated carbocycles. The van der Waals surface area contributed by atoms with Crippen LogP contribution in [-0.2, 0) is 6.42 Å². The lowest BCUT2D eigenvalue weighted by Gasteiger charge is -2.22. The lowest BCUT2D eigenvalue weighted by atomic mass is 10.2. The highest BCUT2D eigenvalue weighted by molar-refractivity contribution is 14.0. The molecule has 2 N–H and O–H groups in total. The van der Waals surface area contributed by atoms with E-state index >= 15 is 0 Å². The molecule has 0 spiro atoms. The Morgan fingerprint density at radius 2 is 1.92 bits per heavy atom. The van der Waals surface area contributed by atoms with Crippen LogP contribution in [-0.4, -0.2) is 37.6 Å². The van der Waals surface area contributed by atoms with Gasteiger partial charge >= 0.3 is 0 Å². The van der Waals surface area contributed by atoms with Crippen LogP contribution in [0.15, 0.2) is 53.7 Å². The second-order valence-electron chi connectivity index (χ2n) is 5.85. The van der Waals surface area contributed by atoms with E-state index in [4.69, 9.17) is 0 Å². The van der Waals surface area contributed by atoms with Crippen molar-refractivity contribution in [3.63, 3.8) is 0 Å². The highest BCUT2D eigenvalue weighted by atomic mass is 127. The number of rotatable bonds is 6. The molecule has 3 rings (SSSR count). The summed E-state index contributed by atoms with van der Waals surface area (Å²) < 4.78 is 0. The zero-order valence-corrected chi connectivity index (χ0v) is 16.9. The second kappa shape index (κ2) is 10.2. The van der Waals surface area contributed by atoms with Crippen molar-refractivity contribution in [2.75, 3.05) is 36.9 Å². The second-order valence-corrected chi connectivity index (χ2v) is 5.85. The van der Waals surface area contributed by atoms with Gasteiger partial charge in [-0.15, -0.1) is 24.0 Å². The summed E-state index contributed by atoms with van der Waals surface area (Å²) in [6.45, 7) is 2.86. The molecule has 1 aliphatic rings. The molecule has 0 saturated heterocycles. The smallest absolute Gasteiger partial charge is 0.198 e. The Hall–Kier alpha value is -1.83. The molecule has 1 aromatic heterocycles. The van der Waals surface area contributed by atoms with Crippen LogP contribution in [0.5, 0.6) is 0 Å². The number of pyridine rings is 1. The van der Waals surface area contributed by atoms with Crippen molar-refractivity contribution in [2.45, 2.75) is 19.3 Å². The minimum absolute atomic E-state index is 0. The van der Waals surface area contributed by atoms with Crippen molar-refractivity contribution in [3.05, 3.63) is 54.2 Å². The summed E-state index contributed by atoms with van der Waals surface area (Å²) in [4.78, 5) is 11.0. The summed E-state index contributed by atoms with van der Waals surface area (Å²) in [6.07, 6.45) is 5.08. The number of para-hydroxylation sites is 1. The first kappa shape index (κ1) is 19.5. The zero-order valence-electron chi connectivity index (χ0n) is 14.6. The van der Waals surface area contributed by atoms with Gasteiger partial charge in [-0.2, -0.15) is 0 Å². The van der Waals surface area contributed by atoms with Crippen LogP contribution in [0.1, 0.15) is 18.4 Å². The predicted octanol–water partition coefficient (Wildman–Crippen LogP) is 3.53. The summed E-state index contributed by atoms with van der Waals surface area (Å²) in [5.41, 5.74) is 2.68. The van der Waals surface area contributed by atoms with Crippen molar-refractivity contribution in [1.82, 2.24) is 10.3 Å². The van der Waals surface area contributed by atoms with Gasteiger partial charge in [0.2, 0.25) is 0 Å². The van der Waals surface area contributed by atoms with Crippen LogP contribution in [0, 0.1) is 0 Å². The standard InChI is InChI=1S/C19H25N5.HI/c1-20-19(24-15-11-16-8-2-3-9-17(16)24)23-14-7-6-13-22-18-10-4-5-12-21-18;/h2-5,8-10,12H,6-7,11,13-15H2,1H3,(H,20,23)(H,21,22);1H. The minimum atomic E-state index is 0. The first-order chi connectivity index (χ1) is 11.9. The average molecular weight is 451 g/mol. The Labute approximate surface area is 167 Å². The average Bonchev–Trinajstić information content (AvgIpc) is 3.06. The van der Waals surface area contributed by atoms with Gasteiger partial charge < -0.3 is 15.5 Å². The lowest BCUT2D eigenvalue weighted by Crippen LogP contribution is -2.41. The van der Waals surface area contributed by atoms with Crippen LogP contribution in [0.25, 0.3) is 0 Å². The number of nitrogens with one attached hydrogen (secondary N) is 2. The van der Waals surface area contributed by atoms with Crippen molar-refractivity contribution < 1.29 is 0 Å². The first-order valence-corrected chi connectivity index (χ1v) is 8.59. The maximum absolute atomic E-state index is 4.44. The molecular weight excluding hydrogens is 425 g/mol. The van der Waals surface area contributed by atoms with Gasteiger partial charge in [-0.05, 0) is 43.0 Å². The lowest BCUT2D eigenvalue weighted by molar-refractivity contribution is 0.723. The van der Waals surface area contributed by atoms with Gasteiger partial charge in [0.1, 0.15) is 5.82 Å². The highest BCUT2D eigenvalue weighted by Crippen LogP contribution is 2.27. The number of benzene rings is 1. The molecule has 1 aromatic carbocycles. The summed E-state index contributed by atoms with van der Waals surface area (Å²) in [5.74, 6) is 1.91. The number of unbranched alkanes of at least 4 members (excludes halogenated alkanes) is 1. The molecule has 0 atom stereocenters. The topological polar surface area (TPSA) is 52.6 Å². The van der Waals surface area contributed by atoms with E-state index in [0.717, 1.165) is 50.7 Å². The number of aromatic nitrogens is 1. The number of aliphatic imine (C=N–C) groups is 1. The van der Waals surface area contributed by atoms with Crippen LogP contribution < -0.4 is 15.5 Å². The fourth-order valence-corrected chi connectivity index (χ4v) is 2.99. The SMILES string of the molecule is CN=C(NCCCCNc1ccccn1)N1CCc2ccccc21.I. The molecule has 0 amide bonds. The largest absolute Gasteiger partial charge is 0.370 e. The van der Waals surface area contributed by atoms with Gasteiger partial charge in [0.05, 0.1) is 0 Å². The molecular formula is C19H26IN5. The number of nitrogens with zero attached hydrogens (tertiary/aromatic N) is 3. The van der Waals surface area contributed by atoms with E-state index in [9.17, 15) is 0 Å². The summed E-state index contributed by atoms with van der Waals surface area (Å²) in [7, 11) is 1.85. The van der Waals surface area contributed by atoms with Gasteiger partial charge in [0.25, 0.3) is 0 Å². The molecule has 25 heavy (non-hydrogen) atoms. The van der Waals surface area contributed by atoms with Gasteiger partial charge in [-0.25, -0.2) is 4.98 Å². The van der Waals surface area contributed by atoms with E-state index < -0.39 is 0 Å². The Kier molecular flexibility index (Phi) is 7.97. The maximum Gasteiger partial charge on any atom is 0.198 e. The third-order valence-corrected chi connectivity index (χ3v) is 4.21. The van der Waals surface area contributed by atoms with Gasteiger partial charge in [-0.3, -0.25) is 4.99 Å². The van der Waals surface area contributed by atoms with E-state index in [1.165, 1.54) is 11.3 Å². The molecule has 0 bridgehead atoms. The Bertz CT molecular complexity index is 675. The van der Waals surface area contributed by atoms with Gasteiger partial charge in [0.15, 0.2) is 5.96 Å². The molecule has 0 radical (unpaired) electrons. The van der Waals surface area contributed by atoms with E-state index in [-0.39, 0.29) is 24.0 Å². The Balaban J connectivity index is 0.00000225. The van der Waals surface area contributed by atoms with Crippen LogP contribution in [0.2, 0.25) is 0 Å². The number of anilines is 2. The molecule has 5 nitrogen and oxygen atoms in total. The van der Waals surface area contributed by atoms with Crippen LogP contribution in [0.3, 0.4) is 0 Å². The maximum atomic E-state index is 4.44. The molecule has 6 heteroatoms. The molecule has 1 aliphatic heterocycles. The van der Waals surface area contributed by atoms with Crippen LogP contribution >= 0.6 is 24.0 Å². The number of fused-ring (bicyclic) bond motifs is 1. The first-order valence-electron chi connectivity index (χ1n) is 8.59. The predicted molar refractivity (Wildman–Crippen MR) is 116 cm³/mol. The molecule has 0 fully saturated rings.